The average molecular weight is 453 g/mol. The van der Waals surface area contributed by atoms with E-state index in [9.17, 15) is 9.90 Å². The van der Waals surface area contributed by atoms with E-state index in [0.29, 0.717) is 46.2 Å². The zero-order chi connectivity index (χ0) is 23.3. The Labute approximate surface area is 194 Å². The van der Waals surface area contributed by atoms with Gasteiger partial charge in [-0.2, -0.15) is 0 Å². The maximum Gasteiger partial charge on any atom is 0.255 e. The van der Waals surface area contributed by atoms with Crippen molar-refractivity contribution < 1.29 is 14.6 Å². The van der Waals surface area contributed by atoms with Crippen LogP contribution in [0, 0.1) is 0 Å². The van der Waals surface area contributed by atoms with Crippen LogP contribution < -0.4 is 10.1 Å². The van der Waals surface area contributed by atoms with E-state index in [1.807, 2.05) is 50.2 Å². The Bertz CT molecular complexity index is 1080. The van der Waals surface area contributed by atoms with E-state index < -0.39 is 5.60 Å². The molecule has 0 aromatic heterocycles. The van der Waals surface area contributed by atoms with Gasteiger partial charge in [0.25, 0.3) is 5.91 Å². The molecule has 1 atom stereocenters. The molecular formula is C26H29ClN2O3. The number of halogens is 1. The predicted molar refractivity (Wildman–Crippen MR) is 128 cm³/mol. The molecule has 1 amide bonds. The summed E-state index contributed by atoms with van der Waals surface area (Å²) >= 11 is 6.15. The van der Waals surface area contributed by atoms with Gasteiger partial charge >= 0.3 is 0 Å². The van der Waals surface area contributed by atoms with E-state index in [4.69, 9.17) is 16.3 Å². The minimum Gasteiger partial charge on any atom is -0.493 e. The molecule has 0 fully saturated rings. The molecule has 1 unspecified atom stereocenters. The van der Waals surface area contributed by atoms with Gasteiger partial charge in [-0.1, -0.05) is 60.1 Å². The van der Waals surface area contributed by atoms with E-state index in [0.717, 1.165) is 5.56 Å². The van der Waals surface area contributed by atoms with Gasteiger partial charge in [-0.15, -0.1) is 0 Å². The Morgan fingerprint density at radius 1 is 1.03 bits per heavy atom. The van der Waals surface area contributed by atoms with Crippen LogP contribution in [0.5, 0.6) is 5.75 Å². The van der Waals surface area contributed by atoms with Crippen molar-refractivity contribution in [1.82, 2.24) is 10.2 Å². The molecule has 0 aliphatic heterocycles. The average Bonchev–Trinajstić information content (AvgIpc) is 2.78. The molecule has 5 nitrogen and oxygen atoms in total. The number of aliphatic hydroxyl groups is 1. The summed E-state index contributed by atoms with van der Waals surface area (Å²) in [5.41, 5.74) is 1.36. The van der Waals surface area contributed by atoms with Crippen LogP contribution in [0.15, 0.2) is 66.7 Å². The molecule has 0 saturated heterocycles. The van der Waals surface area contributed by atoms with Gasteiger partial charge in [0.2, 0.25) is 0 Å². The summed E-state index contributed by atoms with van der Waals surface area (Å²) in [5.74, 6) is 0.0864. The third kappa shape index (κ3) is 4.65. The normalized spacial score (nSPS) is 13.0. The molecule has 0 spiro atoms. The van der Waals surface area contributed by atoms with Gasteiger partial charge in [-0.25, -0.2) is 0 Å². The fraction of sp³-hybridized carbons (Fsp3) is 0.269. The minimum absolute atomic E-state index is 0.300. The fourth-order valence-corrected chi connectivity index (χ4v) is 4.09. The minimum atomic E-state index is -1.62. The molecule has 168 valence electrons. The molecule has 0 bridgehead atoms. The summed E-state index contributed by atoms with van der Waals surface area (Å²) in [6, 6.07) is 20.1. The van der Waals surface area contributed by atoms with Crippen LogP contribution in [0.3, 0.4) is 0 Å². The highest BCUT2D eigenvalue weighted by molar-refractivity contribution is 6.30. The quantitative estimate of drug-likeness (QED) is 0.496. The maximum absolute atomic E-state index is 13.0. The number of benzene rings is 3. The standard InChI is InChI=1S/C26H29ClN2O3/c1-5-32-23-12-8-11-22(24(23)25(30)28-2)26(31,19-13-15-20(27)16-14-19)21-10-7-6-9-18(21)17-29(3)4/h6-16,31H,5,17H2,1-4H3,(H,28,30). The van der Waals surface area contributed by atoms with Crippen molar-refractivity contribution in [3.05, 3.63) is 99.6 Å². The fourth-order valence-electron chi connectivity index (χ4n) is 3.97. The van der Waals surface area contributed by atoms with Crippen molar-refractivity contribution in [1.29, 1.82) is 0 Å². The molecule has 2 N–H and O–H groups in total. The van der Waals surface area contributed by atoms with Crippen molar-refractivity contribution in [2.45, 2.75) is 19.1 Å². The highest BCUT2D eigenvalue weighted by atomic mass is 35.5. The lowest BCUT2D eigenvalue weighted by Gasteiger charge is -2.34. The first-order valence-corrected chi connectivity index (χ1v) is 10.9. The third-order valence-electron chi connectivity index (χ3n) is 5.33. The summed E-state index contributed by atoms with van der Waals surface area (Å²) in [7, 11) is 5.52. The molecule has 3 aromatic rings. The number of hydrogen-bond acceptors (Lipinski definition) is 4. The first-order valence-electron chi connectivity index (χ1n) is 10.5. The van der Waals surface area contributed by atoms with Crippen molar-refractivity contribution in [3.8, 4) is 5.75 Å². The second kappa shape index (κ2) is 10.2. The smallest absolute Gasteiger partial charge is 0.255 e. The molecule has 0 heterocycles. The number of amides is 1. The Kier molecular flexibility index (Phi) is 7.56. The van der Waals surface area contributed by atoms with Crippen LogP contribution in [0.4, 0.5) is 0 Å². The number of carbonyl (C=O) groups excluding carboxylic acids is 1. The van der Waals surface area contributed by atoms with Crippen LogP contribution in [0.25, 0.3) is 0 Å². The number of nitrogens with one attached hydrogen (secondary N) is 1. The van der Waals surface area contributed by atoms with Gasteiger partial charge in [0.15, 0.2) is 0 Å². The predicted octanol–water partition coefficient (Wildman–Crippen LogP) is 4.44. The summed E-state index contributed by atoms with van der Waals surface area (Å²) in [5, 5.41) is 15.8. The van der Waals surface area contributed by atoms with Crippen molar-refractivity contribution in [2.24, 2.45) is 0 Å². The molecule has 0 aliphatic carbocycles. The summed E-state index contributed by atoms with van der Waals surface area (Å²) in [6.07, 6.45) is 0. The Morgan fingerprint density at radius 3 is 2.31 bits per heavy atom. The number of hydrogen-bond donors (Lipinski definition) is 2. The number of carbonyl (C=O) groups is 1. The summed E-state index contributed by atoms with van der Waals surface area (Å²) in [4.78, 5) is 15.1. The van der Waals surface area contributed by atoms with Gasteiger partial charge in [-0.3, -0.25) is 4.79 Å². The lowest BCUT2D eigenvalue weighted by Crippen LogP contribution is -2.34. The van der Waals surface area contributed by atoms with E-state index in [-0.39, 0.29) is 5.91 Å². The Hall–Kier alpha value is -2.86. The van der Waals surface area contributed by atoms with Gasteiger partial charge in [-0.05, 0) is 55.9 Å². The lowest BCUT2D eigenvalue weighted by molar-refractivity contribution is 0.0933. The van der Waals surface area contributed by atoms with Gasteiger partial charge in [0.1, 0.15) is 11.4 Å². The van der Waals surface area contributed by atoms with Gasteiger partial charge < -0.3 is 20.1 Å². The molecule has 3 aromatic carbocycles. The molecule has 3 rings (SSSR count). The number of nitrogens with zero attached hydrogens (tertiary/aromatic N) is 1. The topological polar surface area (TPSA) is 61.8 Å². The molecular weight excluding hydrogens is 424 g/mol. The first-order chi connectivity index (χ1) is 15.3. The Morgan fingerprint density at radius 2 is 1.69 bits per heavy atom. The van der Waals surface area contributed by atoms with Crippen LogP contribution in [0.2, 0.25) is 5.02 Å². The highest BCUT2D eigenvalue weighted by Gasteiger charge is 2.39. The van der Waals surface area contributed by atoms with Crippen LogP contribution in [-0.2, 0) is 12.1 Å². The Balaban J connectivity index is 2.40. The second-order valence-electron chi connectivity index (χ2n) is 7.80. The molecule has 6 heteroatoms. The summed E-state index contributed by atoms with van der Waals surface area (Å²) < 4.78 is 5.78. The molecule has 32 heavy (non-hydrogen) atoms. The molecule has 0 radical (unpaired) electrons. The summed E-state index contributed by atoms with van der Waals surface area (Å²) in [6.45, 7) is 2.87. The van der Waals surface area contributed by atoms with Crippen LogP contribution >= 0.6 is 11.6 Å². The maximum atomic E-state index is 13.0. The van der Waals surface area contributed by atoms with Crippen molar-refractivity contribution in [3.63, 3.8) is 0 Å². The largest absolute Gasteiger partial charge is 0.493 e. The number of ether oxygens (including phenoxy) is 1. The zero-order valence-corrected chi connectivity index (χ0v) is 19.6. The van der Waals surface area contributed by atoms with Gasteiger partial charge in [0.05, 0.1) is 12.2 Å². The zero-order valence-electron chi connectivity index (χ0n) is 18.9. The van der Waals surface area contributed by atoms with Crippen LogP contribution in [-0.4, -0.2) is 43.7 Å². The van der Waals surface area contributed by atoms with Crippen molar-refractivity contribution in [2.75, 3.05) is 27.7 Å². The second-order valence-corrected chi connectivity index (χ2v) is 8.24. The van der Waals surface area contributed by atoms with Crippen LogP contribution in [0.1, 0.15) is 39.5 Å². The van der Waals surface area contributed by atoms with E-state index in [2.05, 4.69) is 5.32 Å². The monoisotopic (exact) mass is 452 g/mol. The van der Waals surface area contributed by atoms with E-state index in [1.54, 1.807) is 49.5 Å². The lowest BCUT2D eigenvalue weighted by atomic mass is 9.76. The van der Waals surface area contributed by atoms with Gasteiger partial charge in [0, 0.05) is 24.2 Å². The first kappa shape index (κ1) is 23.8. The molecule has 0 aliphatic rings. The van der Waals surface area contributed by atoms with E-state index >= 15 is 0 Å². The highest BCUT2D eigenvalue weighted by Crippen LogP contribution is 2.42. The third-order valence-corrected chi connectivity index (χ3v) is 5.58. The number of rotatable bonds is 8. The molecule has 0 saturated carbocycles. The SMILES string of the molecule is CCOc1cccc(C(O)(c2ccc(Cl)cc2)c2ccccc2CN(C)C)c1C(=O)NC. The van der Waals surface area contributed by atoms with Crippen molar-refractivity contribution >= 4 is 17.5 Å². The van der Waals surface area contributed by atoms with E-state index in [1.165, 1.54) is 0 Å².